The minimum absolute atomic E-state index is 0.333. The van der Waals surface area contributed by atoms with Crippen LogP contribution in [0.25, 0.3) is 0 Å². The lowest BCUT2D eigenvalue weighted by Crippen LogP contribution is -2.24. The van der Waals surface area contributed by atoms with E-state index < -0.39 is 5.82 Å². The van der Waals surface area contributed by atoms with E-state index in [0.29, 0.717) is 5.56 Å². The predicted molar refractivity (Wildman–Crippen MR) is 82.4 cm³/mol. The summed E-state index contributed by atoms with van der Waals surface area (Å²) in [5.41, 5.74) is 3.64. The van der Waals surface area contributed by atoms with Crippen molar-refractivity contribution in [2.24, 2.45) is 0 Å². The van der Waals surface area contributed by atoms with Crippen molar-refractivity contribution in [3.63, 3.8) is 0 Å². The van der Waals surface area contributed by atoms with Crippen LogP contribution >= 0.6 is 0 Å². The summed E-state index contributed by atoms with van der Waals surface area (Å²) in [7, 11) is 0. The van der Waals surface area contributed by atoms with Gasteiger partial charge in [-0.2, -0.15) is 0 Å². The van der Waals surface area contributed by atoms with Crippen LogP contribution in [0.4, 0.5) is 8.78 Å². The van der Waals surface area contributed by atoms with Crippen molar-refractivity contribution in [1.82, 2.24) is 5.32 Å². The van der Waals surface area contributed by atoms with E-state index in [1.807, 2.05) is 39.0 Å². The minimum Gasteiger partial charge on any atom is -0.306 e. The van der Waals surface area contributed by atoms with Crippen LogP contribution < -0.4 is 5.32 Å². The van der Waals surface area contributed by atoms with Gasteiger partial charge in [0.25, 0.3) is 0 Å². The SMILES string of the molecule is CCCNC(c1ccc(C)c(C)c1)c1cc(F)ccc1F. The van der Waals surface area contributed by atoms with E-state index in [-0.39, 0.29) is 11.9 Å². The monoisotopic (exact) mass is 289 g/mol. The van der Waals surface area contributed by atoms with Crippen molar-refractivity contribution in [2.75, 3.05) is 6.54 Å². The van der Waals surface area contributed by atoms with Gasteiger partial charge in [0, 0.05) is 5.56 Å². The van der Waals surface area contributed by atoms with E-state index in [0.717, 1.165) is 30.2 Å². The van der Waals surface area contributed by atoms with Gasteiger partial charge >= 0.3 is 0 Å². The third kappa shape index (κ3) is 3.67. The van der Waals surface area contributed by atoms with Crippen LogP contribution in [0.15, 0.2) is 36.4 Å². The van der Waals surface area contributed by atoms with Crippen molar-refractivity contribution in [1.29, 1.82) is 0 Å². The second-order valence-corrected chi connectivity index (χ2v) is 5.40. The highest BCUT2D eigenvalue weighted by atomic mass is 19.1. The van der Waals surface area contributed by atoms with Gasteiger partial charge in [-0.1, -0.05) is 25.1 Å². The molecule has 0 aliphatic rings. The Kier molecular flexibility index (Phi) is 5.07. The highest BCUT2D eigenvalue weighted by molar-refractivity contribution is 5.37. The molecule has 0 fully saturated rings. The predicted octanol–water partition coefficient (Wildman–Crippen LogP) is 4.67. The maximum atomic E-state index is 14.1. The molecule has 2 aromatic rings. The first-order valence-electron chi connectivity index (χ1n) is 7.28. The second kappa shape index (κ2) is 6.81. The third-order valence-corrected chi connectivity index (χ3v) is 3.73. The van der Waals surface area contributed by atoms with Crippen LogP contribution in [0.1, 0.15) is 41.6 Å². The van der Waals surface area contributed by atoms with Crippen LogP contribution in [0.5, 0.6) is 0 Å². The van der Waals surface area contributed by atoms with Gasteiger partial charge in [0.1, 0.15) is 11.6 Å². The molecule has 0 heterocycles. The van der Waals surface area contributed by atoms with E-state index in [9.17, 15) is 8.78 Å². The summed E-state index contributed by atoms with van der Waals surface area (Å²) < 4.78 is 27.6. The smallest absolute Gasteiger partial charge is 0.128 e. The van der Waals surface area contributed by atoms with Gasteiger partial charge in [-0.05, 0) is 61.7 Å². The number of nitrogens with one attached hydrogen (secondary N) is 1. The largest absolute Gasteiger partial charge is 0.306 e. The molecule has 0 aliphatic heterocycles. The standard InChI is InChI=1S/C18H21F2N/c1-4-9-21-18(14-6-5-12(2)13(3)10-14)16-11-15(19)7-8-17(16)20/h5-8,10-11,18,21H,4,9H2,1-3H3. The number of hydrogen-bond donors (Lipinski definition) is 1. The minimum atomic E-state index is -0.418. The number of benzene rings is 2. The Labute approximate surface area is 125 Å². The maximum absolute atomic E-state index is 14.1. The molecule has 2 rings (SSSR count). The Balaban J connectivity index is 2.46. The van der Waals surface area contributed by atoms with E-state index in [1.165, 1.54) is 17.7 Å². The van der Waals surface area contributed by atoms with Crippen LogP contribution in [-0.4, -0.2) is 6.54 Å². The average Bonchev–Trinajstić information content (AvgIpc) is 2.46. The molecule has 0 saturated heterocycles. The normalized spacial score (nSPS) is 12.4. The molecular weight excluding hydrogens is 268 g/mol. The van der Waals surface area contributed by atoms with Crippen LogP contribution in [0.2, 0.25) is 0 Å². The first-order chi connectivity index (χ1) is 10.0. The fraction of sp³-hybridized carbons (Fsp3) is 0.333. The molecule has 1 atom stereocenters. The van der Waals surface area contributed by atoms with Crippen molar-refractivity contribution in [3.8, 4) is 0 Å². The lowest BCUT2D eigenvalue weighted by Gasteiger charge is -2.21. The van der Waals surface area contributed by atoms with Gasteiger partial charge in [-0.3, -0.25) is 0 Å². The highest BCUT2D eigenvalue weighted by Gasteiger charge is 2.18. The van der Waals surface area contributed by atoms with Gasteiger partial charge in [-0.25, -0.2) is 8.78 Å². The Bertz CT molecular complexity index is 623. The van der Waals surface area contributed by atoms with E-state index >= 15 is 0 Å². The molecule has 0 spiro atoms. The van der Waals surface area contributed by atoms with Crippen molar-refractivity contribution >= 4 is 0 Å². The lowest BCUT2D eigenvalue weighted by molar-refractivity contribution is 0.535. The zero-order valence-corrected chi connectivity index (χ0v) is 12.7. The van der Waals surface area contributed by atoms with Crippen LogP contribution in [0.3, 0.4) is 0 Å². The fourth-order valence-electron chi connectivity index (χ4n) is 2.38. The third-order valence-electron chi connectivity index (χ3n) is 3.73. The molecule has 0 saturated carbocycles. The summed E-state index contributed by atoms with van der Waals surface area (Å²) >= 11 is 0. The van der Waals surface area contributed by atoms with Gasteiger partial charge in [0.05, 0.1) is 6.04 Å². The first-order valence-corrected chi connectivity index (χ1v) is 7.28. The molecule has 0 amide bonds. The lowest BCUT2D eigenvalue weighted by atomic mass is 9.95. The highest BCUT2D eigenvalue weighted by Crippen LogP contribution is 2.26. The number of aryl methyl sites for hydroxylation is 2. The molecule has 1 N–H and O–H groups in total. The average molecular weight is 289 g/mol. The summed E-state index contributed by atoms with van der Waals surface area (Å²) in [4.78, 5) is 0. The fourth-order valence-corrected chi connectivity index (χ4v) is 2.38. The van der Waals surface area contributed by atoms with Gasteiger partial charge in [-0.15, -0.1) is 0 Å². The van der Waals surface area contributed by atoms with Gasteiger partial charge < -0.3 is 5.32 Å². The molecule has 2 aromatic carbocycles. The molecule has 21 heavy (non-hydrogen) atoms. The number of halogens is 2. The van der Waals surface area contributed by atoms with Gasteiger partial charge in [0.15, 0.2) is 0 Å². The Hall–Kier alpha value is -1.74. The van der Waals surface area contributed by atoms with E-state index in [4.69, 9.17) is 0 Å². The Morgan fingerprint density at radius 1 is 1.00 bits per heavy atom. The summed E-state index contributed by atoms with van der Waals surface area (Å²) in [6.07, 6.45) is 0.929. The molecular formula is C18H21F2N. The number of hydrogen-bond acceptors (Lipinski definition) is 1. The summed E-state index contributed by atoms with van der Waals surface area (Å²) in [6.45, 7) is 6.86. The molecule has 0 aliphatic carbocycles. The number of rotatable bonds is 5. The summed E-state index contributed by atoms with van der Waals surface area (Å²) in [5.74, 6) is -0.804. The molecule has 0 bridgehead atoms. The maximum Gasteiger partial charge on any atom is 0.128 e. The topological polar surface area (TPSA) is 12.0 Å². The zero-order chi connectivity index (χ0) is 15.4. The first kappa shape index (κ1) is 15.6. The molecule has 1 unspecified atom stereocenters. The molecule has 112 valence electrons. The van der Waals surface area contributed by atoms with Crippen LogP contribution in [0, 0.1) is 25.5 Å². The van der Waals surface area contributed by atoms with Crippen molar-refractivity contribution in [3.05, 3.63) is 70.3 Å². The Morgan fingerprint density at radius 3 is 2.43 bits per heavy atom. The molecule has 3 heteroatoms. The summed E-state index contributed by atoms with van der Waals surface area (Å²) in [6, 6.07) is 9.30. The Morgan fingerprint density at radius 2 is 1.76 bits per heavy atom. The van der Waals surface area contributed by atoms with Crippen LogP contribution in [-0.2, 0) is 0 Å². The van der Waals surface area contributed by atoms with E-state index in [1.54, 1.807) is 0 Å². The van der Waals surface area contributed by atoms with Gasteiger partial charge in [0.2, 0.25) is 0 Å². The molecule has 1 nitrogen and oxygen atoms in total. The van der Waals surface area contributed by atoms with Crippen molar-refractivity contribution in [2.45, 2.75) is 33.2 Å². The zero-order valence-electron chi connectivity index (χ0n) is 12.7. The van der Waals surface area contributed by atoms with Crippen molar-refractivity contribution < 1.29 is 8.78 Å². The second-order valence-electron chi connectivity index (χ2n) is 5.40. The summed E-state index contributed by atoms with van der Waals surface area (Å²) in [5, 5.41) is 3.31. The quantitative estimate of drug-likeness (QED) is 0.843. The molecule has 0 aromatic heterocycles. The molecule has 0 radical (unpaired) electrons. The van der Waals surface area contributed by atoms with E-state index in [2.05, 4.69) is 5.32 Å².